The van der Waals surface area contributed by atoms with Crippen molar-refractivity contribution >= 4 is 6.21 Å². The molecule has 0 atom stereocenters. The minimum atomic E-state index is -0.757. The van der Waals surface area contributed by atoms with Crippen LogP contribution in [0.4, 0.5) is 13.2 Å². The minimum absolute atomic E-state index is 0.0275. The highest BCUT2D eigenvalue weighted by Crippen LogP contribution is 2.25. The summed E-state index contributed by atoms with van der Waals surface area (Å²) in [5.41, 5.74) is 0.233. The fourth-order valence-corrected chi connectivity index (χ4v) is 1.60. The first-order valence-electron chi connectivity index (χ1n) is 5.15. The van der Waals surface area contributed by atoms with Crippen LogP contribution in [0.25, 0.3) is 11.1 Å². The van der Waals surface area contributed by atoms with Gasteiger partial charge in [0.05, 0.1) is 0 Å². The van der Waals surface area contributed by atoms with Gasteiger partial charge >= 0.3 is 0 Å². The second kappa shape index (κ2) is 5.00. The average molecular weight is 250 g/mol. The molecule has 0 aliphatic heterocycles. The lowest BCUT2D eigenvalue weighted by atomic mass is 10.1. The van der Waals surface area contributed by atoms with Crippen LogP contribution >= 0.6 is 0 Å². The second-order valence-electron chi connectivity index (χ2n) is 3.60. The first kappa shape index (κ1) is 12.3. The van der Waals surface area contributed by atoms with Crippen molar-refractivity contribution in [2.24, 2.45) is 4.99 Å². The Labute approximate surface area is 102 Å². The third-order valence-electron chi connectivity index (χ3n) is 2.34. The maximum Gasteiger partial charge on any atom is 0.158 e. The molecule has 1 aromatic carbocycles. The molecule has 0 amide bonds. The molecule has 92 valence electrons. The predicted molar refractivity (Wildman–Crippen MR) is 63.1 cm³/mol. The molecule has 0 bridgehead atoms. The lowest BCUT2D eigenvalue weighted by Gasteiger charge is -2.05. The third-order valence-corrected chi connectivity index (χ3v) is 2.34. The summed E-state index contributed by atoms with van der Waals surface area (Å²) < 4.78 is 40.2. The molecule has 0 aliphatic carbocycles. The molecule has 0 fully saturated rings. The molecule has 2 nitrogen and oxygen atoms in total. The van der Waals surface area contributed by atoms with E-state index in [-0.39, 0.29) is 16.8 Å². The van der Waals surface area contributed by atoms with Crippen molar-refractivity contribution in [1.29, 1.82) is 0 Å². The molecule has 1 aromatic heterocycles. The number of nitrogens with zero attached hydrogens (tertiary/aromatic N) is 2. The van der Waals surface area contributed by atoms with Gasteiger partial charge in [-0.2, -0.15) is 0 Å². The molecule has 0 saturated heterocycles. The van der Waals surface area contributed by atoms with E-state index >= 15 is 0 Å². The van der Waals surface area contributed by atoms with E-state index in [9.17, 15) is 13.2 Å². The first-order valence-corrected chi connectivity index (χ1v) is 5.15. The summed E-state index contributed by atoms with van der Waals surface area (Å²) in [6.45, 7) is 0. The van der Waals surface area contributed by atoms with Crippen molar-refractivity contribution < 1.29 is 13.2 Å². The lowest BCUT2D eigenvalue weighted by molar-refractivity contribution is 0.583. The van der Waals surface area contributed by atoms with E-state index in [4.69, 9.17) is 0 Å². The van der Waals surface area contributed by atoms with Crippen LogP contribution in [-0.2, 0) is 0 Å². The van der Waals surface area contributed by atoms with Gasteiger partial charge in [0.1, 0.15) is 17.3 Å². The van der Waals surface area contributed by atoms with E-state index in [1.54, 1.807) is 0 Å². The average Bonchev–Trinajstić information content (AvgIpc) is 2.31. The molecular weight excluding hydrogens is 241 g/mol. The van der Waals surface area contributed by atoms with Gasteiger partial charge in [0.25, 0.3) is 0 Å². The molecule has 18 heavy (non-hydrogen) atoms. The van der Waals surface area contributed by atoms with Crippen LogP contribution in [0.5, 0.6) is 0 Å². The third kappa shape index (κ3) is 2.40. The smallest absolute Gasteiger partial charge is 0.158 e. The van der Waals surface area contributed by atoms with E-state index in [1.807, 2.05) is 0 Å². The molecule has 0 radical (unpaired) electrons. The Balaban J connectivity index is 2.60. The summed E-state index contributed by atoms with van der Waals surface area (Å²) in [5.74, 6) is -2.17. The topological polar surface area (TPSA) is 25.2 Å². The standard InChI is InChI=1S/C13H9F3N2/c1-17-7-12-13(16)11(2-3-18-12)8-4-9(14)6-10(15)5-8/h2-7H,1H3/b17-7+. The number of hydrogen-bond acceptors (Lipinski definition) is 2. The fourth-order valence-electron chi connectivity index (χ4n) is 1.60. The number of halogens is 3. The van der Waals surface area contributed by atoms with Gasteiger partial charge in [-0.3, -0.25) is 9.98 Å². The monoisotopic (exact) mass is 250 g/mol. The Morgan fingerprint density at radius 1 is 1.11 bits per heavy atom. The molecule has 0 spiro atoms. The number of aliphatic imine (C=N–C) groups is 1. The highest BCUT2D eigenvalue weighted by molar-refractivity contribution is 5.80. The van der Waals surface area contributed by atoms with Crippen LogP contribution < -0.4 is 0 Å². The Hall–Kier alpha value is -2.17. The lowest BCUT2D eigenvalue weighted by Crippen LogP contribution is -1.97. The Kier molecular flexibility index (Phi) is 3.41. The SMILES string of the molecule is C/N=C/c1nccc(-c2cc(F)cc(F)c2)c1F. The molecule has 0 unspecified atom stereocenters. The summed E-state index contributed by atoms with van der Waals surface area (Å²) in [7, 11) is 1.48. The first-order chi connectivity index (χ1) is 8.61. The van der Waals surface area contributed by atoms with Gasteiger partial charge in [0.2, 0.25) is 0 Å². The van der Waals surface area contributed by atoms with Crippen LogP contribution in [0, 0.1) is 17.5 Å². The van der Waals surface area contributed by atoms with E-state index in [2.05, 4.69) is 9.98 Å². The van der Waals surface area contributed by atoms with Gasteiger partial charge in [-0.05, 0) is 23.8 Å². The van der Waals surface area contributed by atoms with Crippen LogP contribution in [-0.4, -0.2) is 18.2 Å². The maximum atomic E-state index is 14.0. The summed E-state index contributed by atoms with van der Waals surface area (Å²) in [5, 5.41) is 0. The molecule has 1 heterocycles. The Bertz CT molecular complexity index is 589. The molecular formula is C13H9F3N2. The molecule has 2 aromatic rings. The van der Waals surface area contributed by atoms with E-state index < -0.39 is 17.5 Å². The number of benzene rings is 1. The molecule has 2 rings (SSSR count). The zero-order valence-electron chi connectivity index (χ0n) is 9.49. The summed E-state index contributed by atoms with van der Waals surface area (Å²) in [4.78, 5) is 7.45. The largest absolute Gasteiger partial charge is 0.294 e. The quantitative estimate of drug-likeness (QED) is 0.751. The minimum Gasteiger partial charge on any atom is -0.294 e. The van der Waals surface area contributed by atoms with E-state index in [1.165, 1.54) is 25.5 Å². The molecule has 0 aliphatic rings. The van der Waals surface area contributed by atoms with Gasteiger partial charge in [-0.25, -0.2) is 13.2 Å². The van der Waals surface area contributed by atoms with Crippen molar-refractivity contribution in [1.82, 2.24) is 4.98 Å². The number of rotatable bonds is 2. The van der Waals surface area contributed by atoms with Gasteiger partial charge < -0.3 is 0 Å². The number of hydrogen-bond donors (Lipinski definition) is 0. The number of aromatic nitrogens is 1. The molecule has 0 saturated carbocycles. The fraction of sp³-hybridized carbons (Fsp3) is 0.0769. The van der Waals surface area contributed by atoms with E-state index in [0.29, 0.717) is 0 Å². The van der Waals surface area contributed by atoms with Crippen molar-refractivity contribution in [2.75, 3.05) is 7.05 Å². The van der Waals surface area contributed by atoms with Gasteiger partial charge in [0.15, 0.2) is 5.82 Å². The predicted octanol–water partition coefficient (Wildman–Crippen LogP) is 3.21. The zero-order chi connectivity index (χ0) is 13.1. The Morgan fingerprint density at radius 3 is 2.39 bits per heavy atom. The van der Waals surface area contributed by atoms with Crippen molar-refractivity contribution in [3.8, 4) is 11.1 Å². The highest BCUT2D eigenvalue weighted by Gasteiger charge is 2.11. The summed E-state index contributed by atoms with van der Waals surface area (Å²) in [6, 6.07) is 4.22. The number of pyridine rings is 1. The Morgan fingerprint density at radius 2 is 1.78 bits per heavy atom. The van der Waals surface area contributed by atoms with Gasteiger partial charge in [-0.1, -0.05) is 0 Å². The van der Waals surface area contributed by atoms with Crippen LogP contribution in [0.15, 0.2) is 35.5 Å². The van der Waals surface area contributed by atoms with Crippen molar-refractivity contribution in [3.63, 3.8) is 0 Å². The summed E-state index contributed by atoms with van der Waals surface area (Å²) >= 11 is 0. The van der Waals surface area contributed by atoms with Crippen LogP contribution in [0.3, 0.4) is 0 Å². The zero-order valence-corrected chi connectivity index (χ0v) is 9.49. The van der Waals surface area contributed by atoms with Crippen LogP contribution in [0.2, 0.25) is 0 Å². The van der Waals surface area contributed by atoms with Gasteiger partial charge in [-0.15, -0.1) is 0 Å². The van der Waals surface area contributed by atoms with Gasteiger partial charge in [0, 0.05) is 31.1 Å². The van der Waals surface area contributed by atoms with Crippen LogP contribution in [0.1, 0.15) is 5.69 Å². The summed E-state index contributed by atoms with van der Waals surface area (Å²) in [6.07, 6.45) is 2.60. The normalized spacial score (nSPS) is 11.1. The highest BCUT2D eigenvalue weighted by atomic mass is 19.1. The second-order valence-corrected chi connectivity index (χ2v) is 3.60. The molecule has 5 heteroatoms. The van der Waals surface area contributed by atoms with Crippen molar-refractivity contribution in [2.45, 2.75) is 0 Å². The molecule has 0 N–H and O–H groups in total. The van der Waals surface area contributed by atoms with E-state index in [0.717, 1.165) is 18.2 Å². The maximum absolute atomic E-state index is 14.0. The van der Waals surface area contributed by atoms with Crippen molar-refractivity contribution in [3.05, 3.63) is 53.6 Å².